The lowest BCUT2D eigenvalue weighted by Crippen LogP contribution is -2.42. The molecule has 3 rings (SSSR count). The zero-order valence-electron chi connectivity index (χ0n) is 14.8. The van der Waals surface area contributed by atoms with Crippen LogP contribution in [0.4, 0.5) is 5.69 Å². The molecular formula is C19H26ClN3O2. The maximum Gasteiger partial charge on any atom is 0.255 e. The van der Waals surface area contributed by atoms with Gasteiger partial charge in [0.05, 0.1) is 10.6 Å². The van der Waals surface area contributed by atoms with E-state index in [1.54, 1.807) is 18.2 Å². The lowest BCUT2D eigenvalue weighted by molar-refractivity contribution is -0.116. The second-order valence-corrected chi connectivity index (χ2v) is 7.84. The molecule has 2 bridgehead atoms. The van der Waals surface area contributed by atoms with Gasteiger partial charge >= 0.3 is 0 Å². The summed E-state index contributed by atoms with van der Waals surface area (Å²) in [5.74, 6) is 0.213. The van der Waals surface area contributed by atoms with Crippen molar-refractivity contribution in [3.05, 3.63) is 28.8 Å². The maximum atomic E-state index is 13.2. The number of nitrogens with zero attached hydrogens (tertiary/aromatic N) is 1. The summed E-state index contributed by atoms with van der Waals surface area (Å²) in [6, 6.07) is 5.66. The lowest BCUT2D eigenvalue weighted by Gasteiger charge is -2.28. The van der Waals surface area contributed by atoms with E-state index < -0.39 is 0 Å². The predicted molar refractivity (Wildman–Crippen MR) is 100 cm³/mol. The van der Waals surface area contributed by atoms with Crippen LogP contribution in [-0.4, -0.2) is 41.9 Å². The van der Waals surface area contributed by atoms with Gasteiger partial charge in [-0.1, -0.05) is 25.4 Å². The van der Waals surface area contributed by atoms with Gasteiger partial charge in [0.2, 0.25) is 5.91 Å². The molecule has 1 aromatic carbocycles. The molecule has 2 fully saturated rings. The molecule has 5 nitrogen and oxygen atoms in total. The number of carbonyl (C=O) groups excluding carboxylic acids is 2. The van der Waals surface area contributed by atoms with Crippen molar-refractivity contribution >= 4 is 29.1 Å². The van der Waals surface area contributed by atoms with Gasteiger partial charge in [-0.15, -0.1) is 0 Å². The van der Waals surface area contributed by atoms with Crippen LogP contribution in [0.25, 0.3) is 0 Å². The molecule has 2 heterocycles. The minimum Gasteiger partial charge on any atom is -0.331 e. The fourth-order valence-corrected chi connectivity index (χ4v) is 4.00. The predicted octanol–water partition coefficient (Wildman–Crippen LogP) is 3.29. The third-order valence-electron chi connectivity index (χ3n) is 4.96. The molecule has 2 saturated heterocycles. The second kappa shape index (κ2) is 7.75. The van der Waals surface area contributed by atoms with Crippen molar-refractivity contribution in [1.82, 2.24) is 10.2 Å². The zero-order chi connectivity index (χ0) is 18.0. The Balaban J connectivity index is 1.80. The largest absolute Gasteiger partial charge is 0.331 e. The van der Waals surface area contributed by atoms with E-state index in [-0.39, 0.29) is 29.8 Å². The molecule has 136 valence electrons. The Morgan fingerprint density at radius 3 is 2.80 bits per heavy atom. The third-order valence-corrected chi connectivity index (χ3v) is 5.29. The summed E-state index contributed by atoms with van der Waals surface area (Å²) in [6.45, 7) is 5.79. The maximum absolute atomic E-state index is 13.2. The first-order valence-electron chi connectivity index (χ1n) is 9.08. The number of amides is 2. The highest BCUT2D eigenvalue weighted by molar-refractivity contribution is 6.34. The number of hydrogen-bond donors (Lipinski definition) is 2. The summed E-state index contributed by atoms with van der Waals surface area (Å²) in [6.07, 6.45) is 3.52. The Kier molecular flexibility index (Phi) is 5.64. The van der Waals surface area contributed by atoms with E-state index in [0.717, 1.165) is 32.4 Å². The molecule has 2 atom stereocenters. The number of fused-ring (bicyclic) bond motifs is 2. The van der Waals surface area contributed by atoms with Gasteiger partial charge in [0.25, 0.3) is 5.91 Å². The van der Waals surface area contributed by atoms with E-state index in [1.165, 1.54) is 0 Å². The van der Waals surface area contributed by atoms with Gasteiger partial charge in [-0.05, 0) is 49.9 Å². The Morgan fingerprint density at radius 2 is 2.04 bits per heavy atom. The fraction of sp³-hybridized carbons (Fsp3) is 0.579. The topological polar surface area (TPSA) is 61.4 Å². The smallest absolute Gasteiger partial charge is 0.255 e. The van der Waals surface area contributed by atoms with Crippen LogP contribution >= 0.6 is 11.6 Å². The summed E-state index contributed by atoms with van der Waals surface area (Å²) in [4.78, 5) is 27.2. The van der Waals surface area contributed by atoms with Gasteiger partial charge in [0.15, 0.2) is 0 Å². The Hall–Kier alpha value is -1.59. The van der Waals surface area contributed by atoms with Crippen molar-refractivity contribution in [2.45, 2.75) is 51.6 Å². The molecule has 0 radical (unpaired) electrons. The summed E-state index contributed by atoms with van der Waals surface area (Å²) in [5, 5.41) is 6.70. The standard InChI is InChI=1S/C19H26ClN3O2/c1-12(2)9-18(24)22-13-3-6-17(20)16(10-13)19(25)23-14-4-5-15(23)11-21-8-7-14/h3,6,10,12,14-15,21H,4-5,7-9,11H2,1-2H3,(H,22,24). The number of hydrogen-bond acceptors (Lipinski definition) is 3. The van der Waals surface area contributed by atoms with Crippen molar-refractivity contribution < 1.29 is 9.59 Å². The minimum atomic E-state index is -0.0465. The first-order chi connectivity index (χ1) is 12.0. The molecule has 2 unspecified atom stereocenters. The summed E-state index contributed by atoms with van der Waals surface area (Å²) < 4.78 is 0. The van der Waals surface area contributed by atoms with Crippen molar-refractivity contribution in [3.8, 4) is 0 Å². The summed E-state index contributed by atoms with van der Waals surface area (Å²) >= 11 is 6.31. The lowest BCUT2D eigenvalue weighted by atomic mass is 10.1. The molecule has 0 aliphatic carbocycles. The summed E-state index contributed by atoms with van der Waals surface area (Å²) in [5.41, 5.74) is 1.10. The van der Waals surface area contributed by atoms with Gasteiger partial charge in [-0.25, -0.2) is 0 Å². The van der Waals surface area contributed by atoms with E-state index in [9.17, 15) is 9.59 Å². The van der Waals surface area contributed by atoms with Crippen LogP contribution in [0.15, 0.2) is 18.2 Å². The van der Waals surface area contributed by atoms with Gasteiger partial charge in [0.1, 0.15) is 0 Å². The highest BCUT2D eigenvalue weighted by Gasteiger charge is 2.38. The van der Waals surface area contributed by atoms with Crippen LogP contribution in [0.2, 0.25) is 5.02 Å². The highest BCUT2D eigenvalue weighted by atomic mass is 35.5. The average Bonchev–Trinajstić information content (AvgIpc) is 2.80. The van der Waals surface area contributed by atoms with Crippen molar-refractivity contribution in [3.63, 3.8) is 0 Å². The molecule has 0 aromatic heterocycles. The number of rotatable bonds is 4. The highest BCUT2D eigenvalue weighted by Crippen LogP contribution is 2.32. The minimum absolute atomic E-state index is 0.0267. The molecule has 2 aliphatic rings. The van der Waals surface area contributed by atoms with Crippen molar-refractivity contribution in [2.75, 3.05) is 18.4 Å². The van der Waals surface area contributed by atoms with Crippen LogP contribution in [0.1, 0.15) is 49.9 Å². The Morgan fingerprint density at radius 1 is 1.28 bits per heavy atom. The van der Waals surface area contributed by atoms with Gasteiger partial charge in [-0.2, -0.15) is 0 Å². The molecule has 25 heavy (non-hydrogen) atoms. The molecule has 2 N–H and O–H groups in total. The van der Waals surface area contributed by atoms with Gasteiger partial charge in [-0.3, -0.25) is 9.59 Å². The molecule has 2 aliphatic heterocycles. The first kappa shape index (κ1) is 18.2. The van der Waals surface area contributed by atoms with Crippen LogP contribution in [0, 0.1) is 5.92 Å². The van der Waals surface area contributed by atoms with Crippen molar-refractivity contribution in [2.24, 2.45) is 5.92 Å². The van der Waals surface area contributed by atoms with E-state index in [2.05, 4.69) is 10.6 Å². The monoisotopic (exact) mass is 363 g/mol. The third kappa shape index (κ3) is 4.15. The van der Waals surface area contributed by atoms with Gasteiger partial charge < -0.3 is 15.5 Å². The first-order valence-corrected chi connectivity index (χ1v) is 9.46. The molecule has 0 saturated carbocycles. The van der Waals surface area contributed by atoms with E-state index in [0.29, 0.717) is 22.7 Å². The van der Waals surface area contributed by atoms with E-state index in [4.69, 9.17) is 11.6 Å². The molecule has 1 aromatic rings. The van der Waals surface area contributed by atoms with Gasteiger partial charge in [0, 0.05) is 30.7 Å². The number of anilines is 1. The number of halogens is 1. The van der Waals surface area contributed by atoms with E-state index in [1.807, 2.05) is 18.7 Å². The molecular weight excluding hydrogens is 338 g/mol. The quantitative estimate of drug-likeness (QED) is 0.862. The Labute approximate surface area is 154 Å². The fourth-order valence-electron chi connectivity index (χ4n) is 3.80. The number of carbonyl (C=O) groups is 2. The van der Waals surface area contributed by atoms with Crippen LogP contribution in [0.3, 0.4) is 0 Å². The molecule has 0 spiro atoms. The van der Waals surface area contributed by atoms with Crippen LogP contribution in [0.5, 0.6) is 0 Å². The number of benzene rings is 1. The average molecular weight is 364 g/mol. The molecule has 2 amide bonds. The zero-order valence-corrected chi connectivity index (χ0v) is 15.6. The van der Waals surface area contributed by atoms with Crippen LogP contribution < -0.4 is 10.6 Å². The molecule has 6 heteroatoms. The van der Waals surface area contributed by atoms with Crippen LogP contribution in [-0.2, 0) is 4.79 Å². The van der Waals surface area contributed by atoms with Crippen molar-refractivity contribution in [1.29, 1.82) is 0 Å². The number of nitrogens with one attached hydrogen (secondary N) is 2. The normalized spacial score (nSPS) is 22.8. The van der Waals surface area contributed by atoms with E-state index >= 15 is 0 Å². The second-order valence-electron chi connectivity index (χ2n) is 7.43. The summed E-state index contributed by atoms with van der Waals surface area (Å²) in [7, 11) is 0. The Bertz CT molecular complexity index is 648. The SMILES string of the molecule is CC(C)CC(=O)Nc1ccc(Cl)c(C(=O)N2C3CCNCC2CC3)c1.